The number of carbonyl (C=O) groups excluding carboxylic acids is 1. The lowest BCUT2D eigenvalue weighted by Gasteiger charge is -2.37. The number of hydrogen-bond acceptors (Lipinski definition) is 6. The molecule has 0 radical (unpaired) electrons. The molecule has 1 saturated carbocycles. The summed E-state index contributed by atoms with van der Waals surface area (Å²) in [6.45, 7) is 5.25. The van der Waals surface area contributed by atoms with E-state index in [0.717, 1.165) is 12.8 Å². The Labute approximate surface area is 196 Å². The molecule has 1 aliphatic heterocycles. The lowest BCUT2D eigenvalue weighted by Crippen LogP contribution is -2.50. The highest BCUT2D eigenvalue weighted by Gasteiger charge is 2.38. The molecule has 1 aromatic rings. The lowest BCUT2D eigenvalue weighted by molar-refractivity contribution is -0.131. The zero-order valence-electron chi connectivity index (χ0n) is 19.7. The Morgan fingerprint density at radius 1 is 1.33 bits per heavy atom. The number of aliphatic hydroxyl groups is 2. The Balaban J connectivity index is 1.99. The van der Waals surface area contributed by atoms with Crippen molar-refractivity contribution in [2.45, 2.75) is 63.2 Å². The van der Waals surface area contributed by atoms with Crippen molar-refractivity contribution in [2.75, 3.05) is 26.7 Å². The Kier molecular flexibility index (Phi) is 8.06. The number of hydrogen-bond donors (Lipinski definition) is 2. The topological polar surface area (TPSA) is 107 Å². The third kappa shape index (κ3) is 6.27. The maximum absolute atomic E-state index is 13.5. The first-order valence-electron chi connectivity index (χ1n) is 11.4. The Morgan fingerprint density at radius 3 is 2.64 bits per heavy atom. The van der Waals surface area contributed by atoms with E-state index in [9.17, 15) is 23.4 Å². The molecule has 182 valence electrons. The van der Waals surface area contributed by atoms with Crippen LogP contribution in [0, 0.1) is 23.7 Å². The van der Waals surface area contributed by atoms with Gasteiger partial charge in [-0.2, -0.15) is 4.31 Å². The first-order chi connectivity index (χ1) is 15.5. The Bertz CT molecular complexity index is 1030. The summed E-state index contributed by atoms with van der Waals surface area (Å²) in [5.41, 5.74) is 0.511. The molecule has 0 aromatic heterocycles. The van der Waals surface area contributed by atoms with Gasteiger partial charge in [0.15, 0.2) is 0 Å². The van der Waals surface area contributed by atoms with Crippen LogP contribution < -0.4 is 4.74 Å². The van der Waals surface area contributed by atoms with Crippen molar-refractivity contribution in [3.63, 3.8) is 0 Å². The van der Waals surface area contributed by atoms with Crippen LogP contribution >= 0.6 is 0 Å². The minimum atomic E-state index is -3.94. The molecule has 9 heteroatoms. The first-order valence-corrected chi connectivity index (χ1v) is 12.8. The number of amides is 1. The standard InChI is InChI=1S/C24H34N2O6S/c1-16-13-26(17(2)15-27)33(30,31)23-10-9-19(6-5-18(3)28)11-21(23)32-22(16)14-25(4)24(29)12-20-7-8-20/h9-11,16-18,20,22,27-28H,7-8,12-15H2,1-4H3/t16-,17+,18+,22+/m1/s1. The van der Waals surface area contributed by atoms with Gasteiger partial charge in [0.2, 0.25) is 15.9 Å². The number of rotatable bonds is 6. The van der Waals surface area contributed by atoms with Crippen LogP contribution in [0.25, 0.3) is 0 Å². The van der Waals surface area contributed by atoms with Crippen LogP contribution in [0.5, 0.6) is 5.75 Å². The van der Waals surface area contributed by atoms with Crippen molar-refractivity contribution in [3.8, 4) is 17.6 Å². The number of carbonyl (C=O) groups is 1. The van der Waals surface area contributed by atoms with Crippen molar-refractivity contribution in [1.29, 1.82) is 0 Å². The molecule has 8 nitrogen and oxygen atoms in total. The van der Waals surface area contributed by atoms with Gasteiger partial charge < -0.3 is 19.8 Å². The van der Waals surface area contributed by atoms with Gasteiger partial charge in [0.1, 0.15) is 22.9 Å². The second-order valence-electron chi connectivity index (χ2n) is 9.27. The molecule has 4 atom stereocenters. The summed E-state index contributed by atoms with van der Waals surface area (Å²) in [7, 11) is -2.19. The summed E-state index contributed by atoms with van der Waals surface area (Å²) in [5, 5.41) is 19.2. The monoisotopic (exact) mass is 478 g/mol. The van der Waals surface area contributed by atoms with Gasteiger partial charge in [0.05, 0.1) is 13.2 Å². The highest BCUT2D eigenvalue weighted by molar-refractivity contribution is 7.89. The van der Waals surface area contributed by atoms with E-state index in [-0.39, 0.29) is 35.6 Å². The summed E-state index contributed by atoms with van der Waals surface area (Å²) in [4.78, 5) is 14.2. The SMILES string of the molecule is C[C@H](O)C#Cc1ccc2c(c1)O[C@@H](CN(C)C(=O)CC1CC1)[C@H](C)CN([C@@H](C)CO)S2(=O)=O. The number of sulfonamides is 1. The number of likely N-dealkylation sites (N-methyl/N-ethyl adjacent to an activating group) is 1. The molecule has 0 unspecified atom stereocenters. The molecule has 1 fully saturated rings. The van der Waals surface area contributed by atoms with Gasteiger partial charge in [0, 0.05) is 37.5 Å². The maximum Gasteiger partial charge on any atom is 0.247 e. The van der Waals surface area contributed by atoms with Crippen LogP contribution in [0.2, 0.25) is 0 Å². The van der Waals surface area contributed by atoms with Crippen LogP contribution in [-0.2, 0) is 14.8 Å². The first kappa shape index (κ1) is 25.5. The van der Waals surface area contributed by atoms with Crippen molar-refractivity contribution in [3.05, 3.63) is 23.8 Å². The van der Waals surface area contributed by atoms with Crippen LogP contribution in [0.1, 0.15) is 45.6 Å². The van der Waals surface area contributed by atoms with Crippen LogP contribution in [0.4, 0.5) is 0 Å². The van der Waals surface area contributed by atoms with E-state index in [1.54, 1.807) is 37.9 Å². The fourth-order valence-electron chi connectivity index (χ4n) is 3.81. The smallest absolute Gasteiger partial charge is 0.247 e. The third-order valence-electron chi connectivity index (χ3n) is 6.13. The van der Waals surface area contributed by atoms with Crippen molar-refractivity contribution < 1.29 is 28.2 Å². The van der Waals surface area contributed by atoms with Crippen LogP contribution in [0.15, 0.2) is 23.1 Å². The minimum Gasteiger partial charge on any atom is -0.487 e. The van der Waals surface area contributed by atoms with Gasteiger partial charge in [-0.05, 0) is 50.8 Å². The molecule has 1 amide bonds. The van der Waals surface area contributed by atoms with Crippen molar-refractivity contribution >= 4 is 15.9 Å². The molecule has 3 rings (SSSR count). The van der Waals surface area contributed by atoms with E-state index >= 15 is 0 Å². The molecule has 0 spiro atoms. The number of nitrogens with zero attached hydrogens (tertiary/aromatic N) is 2. The third-order valence-corrected chi connectivity index (χ3v) is 8.15. The van der Waals surface area contributed by atoms with Gasteiger partial charge in [-0.1, -0.05) is 18.8 Å². The summed E-state index contributed by atoms with van der Waals surface area (Å²) in [6.07, 6.45) is 1.42. The highest BCUT2D eigenvalue weighted by Crippen LogP contribution is 2.35. The molecule has 2 aliphatic rings. The summed E-state index contributed by atoms with van der Waals surface area (Å²) < 4.78 is 34.5. The Morgan fingerprint density at radius 2 is 2.03 bits per heavy atom. The van der Waals surface area contributed by atoms with Gasteiger partial charge >= 0.3 is 0 Å². The zero-order chi connectivity index (χ0) is 24.3. The van der Waals surface area contributed by atoms with E-state index in [1.165, 1.54) is 10.4 Å². The fourth-order valence-corrected chi connectivity index (χ4v) is 5.63. The number of aliphatic hydroxyl groups excluding tert-OH is 2. The molecule has 1 aliphatic carbocycles. The summed E-state index contributed by atoms with van der Waals surface area (Å²) in [6, 6.07) is 3.96. The quantitative estimate of drug-likeness (QED) is 0.600. The number of ether oxygens (including phenoxy) is 1. The zero-order valence-corrected chi connectivity index (χ0v) is 20.5. The predicted octanol–water partition coefficient (Wildman–Crippen LogP) is 1.45. The molecule has 33 heavy (non-hydrogen) atoms. The predicted molar refractivity (Wildman–Crippen MR) is 124 cm³/mol. The van der Waals surface area contributed by atoms with E-state index in [2.05, 4.69) is 11.8 Å². The molecule has 1 aromatic carbocycles. The van der Waals surface area contributed by atoms with Gasteiger partial charge in [-0.25, -0.2) is 8.42 Å². The normalized spacial score (nSPS) is 24.2. The van der Waals surface area contributed by atoms with E-state index in [4.69, 9.17) is 4.74 Å². The minimum absolute atomic E-state index is 0.00532. The molecular weight excluding hydrogens is 444 g/mol. The average molecular weight is 479 g/mol. The summed E-state index contributed by atoms with van der Waals surface area (Å²) in [5.74, 6) is 5.91. The van der Waals surface area contributed by atoms with Crippen LogP contribution in [0.3, 0.4) is 0 Å². The molecule has 0 bridgehead atoms. The van der Waals surface area contributed by atoms with E-state index in [0.29, 0.717) is 24.4 Å². The second kappa shape index (κ2) is 10.4. The Hall–Kier alpha value is -2.12. The van der Waals surface area contributed by atoms with E-state index < -0.39 is 28.3 Å². The van der Waals surface area contributed by atoms with E-state index in [1.807, 2.05) is 6.92 Å². The van der Waals surface area contributed by atoms with Crippen molar-refractivity contribution in [1.82, 2.24) is 9.21 Å². The van der Waals surface area contributed by atoms with Crippen molar-refractivity contribution in [2.24, 2.45) is 11.8 Å². The average Bonchev–Trinajstić information content (AvgIpc) is 3.57. The number of fused-ring (bicyclic) bond motifs is 1. The molecule has 1 heterocycles. The van der Waals surface area contributed by atoms with Gasteiger partial charge in [-0.3, -0.25) is 4.79 Å². The fraction of sp³-hybridized carbons (Fsp3) is 0.625. The largest absolute Gasteiger partial charge is 0.487 e. The summed E-state index contributed by atoms with van der Waals surface area (Å²) >= 11 is 0. The second-order valence-corrected chi connectivity index (χ2v) is 11.1. The molecule has 0 saturated heterocycles. The van der Waals surface area contributed by atoms with Gasteiger partial charge in [0.25, 0.3) is 0 Å². The molecular formula is C24H34N2O6S. The maximum atomic E-state index is 13.5. The highest BCUT2D eigenvalue weighted by atomic mass is 32.2. The molecule has 2 N–H and O–H groups in total. The van der Waals surface area contributed by atoms with Crippen LogP contribution in [-0.4, -0.2) is 78.7 Å². The lowest BCUT2D eigenvalue weighted by atomic mass is 10.0. The number of benzene rings is 1. The van der Waals surface area contributed by atoms with Gasteiger partial charge in [-0.15, -0.1) is 0 Å².